The smallest absolute Gasteiger partial charge is 0.288 e. The van der Waals surface area contributed by atoms with E-state index in [2.05, 4.69) is 0 Å². The first-order valence-electron chi connectivity index (χ1n) is 5.92. The first-order valence-corrected chi connectivity index (χ1v) is 6.30. The van der Waals surface area contributed by atoms with Crippen LogP contribution >= 0.6 is 11.6 Å². The molecule has 0 bridgehead atoms. The van der Waals surface area contributed by atoms with Crippen LogP contribution < -0.4 is 0 Å². The summed E-state index contributed by atoms with van der Waals surface area (Å²) in [4.78, 5) is 12.3. The second-order valence-electron chi connectivity index (χ2n) is 4.40. The molecule has 0 saturated heterocycles. The summed E-state index contributed by atoms with van der Waals surface area (Å²) in [5.74, 6) is -1.62. The molecule has 0 heterocycles. The molecule has 6 heteroatoms. The Morgan fingerprint density at radius 1 is 1.05 bits per heavy atom. The van der Waals surface area contributed by atoms with Crippen LogP contribution in [-0.4, -0.2) is 12.0 Å². The third-order valence-electron chi connectivity index (χ3n) is 2.83. The van der Waals surface area contributed by atoms with Crippen molar-refractivity contribution in [3.8, 4) is 0 Å². The molecule has 1 nitrogen and oxygen atoms in total. The van der Waals surface area contributed by atoms with E-state index in [1.54, 1.807) is 0 Å². The predicted octanol–water partition coefficient (Wildman–Crippen LogP) is 4.81. The molecule has 0 N–H and O–H groups in total. The quantitative estimate of drug-likeness (QED) is 0.586. The zero-order valence-electron chi connectivity index (χ0n) is 10.5. The summed E-state index contributed by atoms with van der Waals surface area (Å²) < 4.78 is 51.3. The Morgan fingerprint density at radius 3 is 2.33 bits per heavy atom. The molecule has 0 fully saturated rings. The Kier molecular flexibility index (Phi) is 4.32. The normalized spacial score (nSPS) is 11.5. The van der Waals surface area contributed by atoms with Crippen LogP contribution in [0.15, 0.2) is 42.5 Å². The van der Waals surface area contributed by atoms with Gasteiger partial charge in [0.15, 0.2) is 5.78 Å². The van der Waals surface area contributed by atoms with Gasteiger partial charge in [-0.3, -0.25) is 4.79 Å². The molecule has 0 aromatic heterocycles. The predicted molar refractivity (Wildman–Crippen MR) is 71.0 cm³/mol. The standard InChI is InChI=1S/C15H9ClF4O/c16-10-6-5-9(8-15(18,19)20)12(7-10)14(21)11-3-1-2-4-13(11)17/h1-7H,8H2. The zero-order chi connectivity index (χ0) is 15.6. The summed E-state index contributed by atoms with van der Waals surface area (Å²) in [5, 5.41) is 0.112. The Balaban J connectivity index is 2.50. The molecule has 0 aliphatic rings. The van der Waals surface area contributed by atoms with Crippen molar-refractivity contribution in [2.24, 2.45) is 0 Å². The van der Waals surface area contributed by atoms with Gasteiger partial charge < -0.3 is 0 Å². The molecule has 0 radical (unpaired) electrons. The summed E-state index contributed by atoms with van der Waals surface area (Å²) in [5.41, 5.74) is -0.770. The minimum absolute atomic E-state index is 0.112. The molecule has 0 amide bonds. The minimum atomic E-state index is -4.47. The molecule has 0 spiro atoms. The van der Waals surface area contributed by atoms with Crippen LogP contribution in [0.2, 0.25) is 5.02 Å². The molecule has 0 unspecified atom stereocenters. The molecule has 0 aliphatic heterocycles. The van der Waals surface area contributed by atoms with Crippen LogP contribution in [0.4, 0.5) is 17.6 Å². The van der Waals surface area contributed by atoms with Crippen LogP contribution in [-0.2, 0) is 6.42 Å². The lowest BCUT2D eigenvalue weighted by Crippen LogP contribution is -2.16. The van der Waals surface area contributed by atoms with Gasteiger partial charge in [0.25, 0.3) is 0 Å². The van der Waals surface area contributed by atoms with Crippen molar-refractivity contribution in [3.05, 3.63) is 70.0 Å². The number of benzene rings is 2. The van der Waals surface area contributed by atoms with Gasteiger partial charge >= 0.3 is 6.18 Å². The highest BCUT2D eigenvalue weighted by atomic mass is 35.5. The van der Waals surface area contributed by atoms with Gasteiger partial charge in [-0.25, -0.2) is 4.39 Å². The van der Waals surface area contributed by atoms with Gasteiger partial charge in [0, 0.05) is 10.6 Å². The Labute approximate surface area is 123 Å². The molecule has 21 heavy (non-hydrogen) atoms. The highest BCUT2D eigenvalue weighted by molar-refractivity contribution is 6.31. The number of alkyl halides is 3. The maximum atomic E-state index is 13.6. The number of carbonyl (C=O) groups excluding carboxylic acids is 1. The van der Waals surface area contributed by atoms with Crippen molar-refractivity contribution in [1.82, 2.24) is 0 Å². The number of rotatable bonds is 3. The van der Waals surface area contributed by atoms with Crippen molar-refractivity contribution < 1.29 is 22.4 Å². The van der Waals surface area contributed by atoms with Crippen LogP contribution in [0.1, 0.15) is 21.5 Å². The van der Waals surface area contributed by atoms with E-state index in [0.29, 0.717) is 0 Å². The number of halogens is 5. The average Bonchev–Trinajstić information content (AvgIpc) is 2.39. The van der Waals surface area contributed by atoms with Gasteiger partial charge in [0.2, 0.25) is 0 Å². The van der Waals surface area contributed by atoms with E-state index < -0.39 is 24.2 Å². The first-order chi connectivity index (χ1) is 9.78. The third kappa shape index (κ3) is 3.82. The van der Waals surface area contributed by atoms with Crippen molar-refractivity contribution in [2.75, 3.05) is 0 Å². The average molecular weight is 317 g/mol. The number of hydrogen-bond acceptors (Lipinski definition) is 1. The van der Waals surface area contributed by atoms with Gasteiger partial charge in [0.1, 0.15) is 5.82 Å². The summed E-state index contributed by atoms with van der Waals surface area (Å²) >= 11 is 5.73. The van der Waals surface area contributed by atoms with Gasteiger partial charge in [-0.15, -0.1) is 0 Å². The molecule has 2 rings (SSSR count). The van der Waals surface area contributed by atoms with Crippen molar-refractivity contribution >= 4 is 17.4 Å². The van der Waals surface area contributed by atoms with Crippen LogP contribution in [0.25, 0.3) is 0 Å². The molecule has 110 valence electrons. The lowest BCUT2D eigenvalue weighted by atomic mass is 9.96. The summed E-state index contributed by atoms with van der Waals surface area (Å²) in [6, 6.07) is 8.63. The maximum absolute atomic E-state index is 13.6. The molecule has 0 aliphatic carbocycles. The second-order valence-corrected chi connectivity index (χ2v) is 4.84. The minimum Gasteiger partial charge on any atom is -0.288 e. The highest BCUT2D eigenvalue weighted by Crippen LogP contribution is 2.27. The molecule has 2 aromatic carbocycles. The number of hydrogen-bond donors (Lipinski definition) is 0. The summed E-state index contributed by atoms with van der Waals surface area (Å²) in [7, 11) is 0. The third-order valence-corrected chi connectivity index (χ3v) is 3.06. The topological polar surface area (TPSA) is 17.1 Å². The van der Waals surface area contributed by atoms with E-state index in [1.165, 1.54) is 24.3 Å². The Morgan fingerprint density at radius 2 is 1.71 bits per heavy atom. The second kappa shape index (κ2) is 5.85. The zero-order valence-corrected chi connectivity index (χ0v) is 11.3. The molecule has 2 aromatic rings. The maximum Gasteiger partial charge on any atom is 0.393 e. The van der Waals surface area contributed by atoms with E-state index in [0.717, 1.165) is 18.2 Å². The number of ketones is 1. The van der Waals surface area contributed by atoms with E-state index in [1.807, 2.05) is 0 Å². The van der Waals surface area contributed by atoms with E-state index >= 15 is 0 Å². The van der Waals surface area contributed by atoms with Crippen LogP contribution in [0, 0.1) is 5.82 Å². The fraction of sp³-hybridized carbons (Fsp3) is 0.133. The van der Waals surface area contributed by atoms with Crippen LogP contribution in [0.5, 0.6) is 0 Å². The lowest BCUT2D eigenvalue weighted by molar-refractivity contribution is -0.127. The number of carbonyl (C=O) groups is 1. The Bertz CT molecular complexity index is 680. The van der Waals surface area contributed by atoms with Gasteiger partial charge in [-0.1, -0.05) is 29.8 Å². The highest BCUT2D eigenvalue weighted by Gasteiger charge is 2.30. The largest absolute Gasteiger partial charge is 0.393 e. The van der Waals surface area contributed by atoms with E-state index in [-0.39, 0.29) is 21.7 Å². The van der Waals surface area contributed by atoms with E-state index in [9.17, 15) is 22.4 Å². The summed E-state index contributed by atoms with van der Waals surface area (Å²) in [6.07, 6.45) is -5.75. The fourth-order valence-corrected chi connectivity index (χ4v) is 2.09. The molecular formula is C15H9ClF4O. The SMILES string of the molecule is O=C(c1ccccc1F)c1cc(Cl)ccc1CC(F)(F)F. The van der Waals surface area contributed by atoms with Crippen molar-refractivity contribution in [3.63, 3.8) is 0 Å². The van der Waals surface area contributed by atoms with E-state index in [4.69, 9.17) is 11.6 Å². The molecular weight excluding hydrogens is 308 g/mol. The Hall–Kier alpha value is -1.88. The summed E-state index contributed by atoms with van der Waals surface area (Å²) in [6.45, 7) is 0. The fourth-order valence-electron chi connectivity index (χ4n) is 1.92. The monoisotopic (exact) mass is 316 g/mol. The lowest BCUT2D eigenvalue weighted by Gasteiger charge is -2.12. The van der Waals surface area contributed by atoms with Crippen molar-refractivity contribution in [2.45, 2.75) is 12.6 Å². The van der Waals surface area contributed by atoms with Gasteiger partial charge in [0.05, 0.1) is 12.0 Å². The molecule has 0 atom stereocenters. The van der Waals surface area contributed by atoms with Gasteiger partial charge in [-0.05, 0) is 29.8 Å². The van der Waals surface area contributed by atoms with Crippen molar-refractivity contribution in [1.29, 1.82) is 0 Å². The van der Waals surface area contributed by atoms with Gasteiger partial charge in [-0.2, -0.15) is 13.2 Å². The first kappa shape index (κ1) is 15.5. The van der Waals surface area contributed by atoms with Crippen LogP contribution in [0.3, 0.4) is 0 Å². The molecule has 0 saturated carbocycles.